The summed E-state index contributed by atoms with van der Waals surface area (Å²) in [7, 11) is -1.13. The van der Waals surface area contributed by atoms with E-state index in [0.717, 1.165) is 14.4 Å². The number of amides is 2. The first-order chi connectivity index (χ1) is 18.5. The van der Waals surface area contributed by atoms with E-state index in [0.29, 0.717) is 22.4 Å². The summed E-state index contributed by atoms with van der Waals surface area (Å²) in [5.74, 6) is 0.721. The van der Waals surface area contributed by atoms with Crippen LogP contribution < -0.4 is 9.47 Å². The standard InChI is InChI=1S/C29H38N2O8S/c1-19-10-12-21(13-11-19)40(34,35)31-18-20(24-22(36-8)14-15-23(37-9)25(24)31)16-17-30(26(32)38-28(2,3)4)27(33)39-29(5,6)7/h10-15,18H,16-17H2,1-9H3. The van der Waals surface area contributed by atoms with Crippen LogP contribution in [0.2, 0.25) is 0 Å². The number of hydrogen-bond donors (Lipinski definition) is 0. The molecule has 11 heteroatoms. The van der Waals surface area contributed by atoms with E-state index in [2.05, 4.69) is 0 Å². The smallest absolute Gasteiger partial charge is 0.419 e. The second-order valence-electron chi connectivity index (χ2n) is 11.3. The highest BCUT2D eigenvalue weighted by molar-refractivity contribution is 7.90. The van der Waals surface area contributed by atoms with Crippen molar-refractivity contribution in [3.05, 3.63) is 53.7 Å². The number of carbonyl (C=O) groups excluding carboxylic acids is 2. The zero-order chi connectivity index (χ0) is 30.0. The number of methoxy groups -OCH3 is 2. The van der Waals surface area contributed by atoms with Crippen LogP contribution in [0.15, 0.2) is 47.5 Å². The van der Waals surface area contributed by atoms with Crippen molar-refractivity contribution in [2.75, 3.05) is 20.8 Å². The average molecular weight is 575 g/mol. The number of imide groups is 1. The minimum atomic E-state index is -4.05. The summed E-state index contributed by atoms with van der Waals surface area (Å²) in [6.45, 7) is 11.9. The number of ether oxygens (including phenoxy) is 4. The fraction of sp³-hybridized carbons (Fsp3) is 0.448. The highest BCUT2D eigenvalue weighted by Crippen LogP contribution is 2.39. The van der Waals surface area contributed by atoms with Crippen LogP contribution in [-0.2, 0) is 25.9 Å². The van der Waals surface area contributed by atoms with E-state index >= 15 is 0 Å². The lowest BCUT2D eigenvalue weighted by molar-refractivity contribution is 0.00171. The monoisotopic (exact) mass is 574 g/mol. The lowest BCUT2D eigenvalue weighted by atomic mass is 10.1. The molecule has 0 unspecified atom stereocenters. The van der Waals surface area contributed by atoms with Gasteiger partial charge in [0.1, 0.15) is 28.2 Å². The van der Waals surface area contributed by atoms with E-state index in [4.69, 9.17) is 18.9 Å². The summed E-state index contributed by atoms with van der Waals surface area (Å²) in [5.41, 5.74) is -0.00397. The summed E-state index contributed by atoms with van der Waals surface area (Å²) < 4.78 is 50.8. The molecule has 3 rings (SSSR count). The summed E-state index contributed by atoms with van der Waals surface area (Å²) in [4.78, 5) is 27.0. The SMILES string of the molecule is COc1ccc(OC)c2c1c(CCN(C(=O)OC(C)(C)C)C(=O)OC(C)(C)C)cn2S(=O)(=O)c1ccc(C)cc1. The zero-order valence-electron chi connectivity index (χ0n) is 24.5. The molecular formula is C29H38N2O8S. The van der Waals surface area contributed by atoms with Crippen molar-refractivity contribution in [1.29, 1.82) is 0 Å². The van der Waals surface area contributed by atoms with Crippen molar-refractivity contribution in [3.8, 4) is 11.5 Å². The third-order valence-corrected chi connectivity index (χ3v) is 7.44. The van der Waals surface area contributed by atoms with Crippen LogP contribution in [0.3, 0.4) is 0 Å². The maximum atomic E-state index is 13.8. The fourth-order valence-electron chi connectivity index (χ4n) is 4.01. The molecule has 40 heavy (non-hydrogen) atoms. The van der Waals surface area contributed by atoms with Gasteiger partial charge in [-0.2, -0.15) is 0 Å². The molecule has 0 saturated carbocycles. The molecule has 218 valence electrons. The highest BCUT2D eigenvalue weighted by atomic mass is 32.2. The topological polar surface area (TPSA) is 113 Å². The molecular weight excluding hydrogens is 536 g/mol. The van der Waals surface area contributed by atoms with Gasteiger partial charge in [0.25, 0.3) is 10.0 Å². The van der Waals surface area contributed by atoms with Crippen LogP contribution in [-0.4, -0.2) is 61.4 Å². The zero-order valence-corrected chi connectivity index (χ0v) is 25.3. The molecule has 0 fully saturated rings. The number of aryl methyl sites for hydroxylation is 1. The Kier molecular flexibility index (Phi) is 8.78. The third-order valence-electron chi connectivity index (χ3n) is 5.77. The predicted octanol–water partition coefficient (Wildman–Crippen LogP) is 5.92. The van der Waals surface area contributed by atoms with Gasteiger partial charge >= 0.3 is 12.2 Å². The summed E-state index contributed by atoms with van der Waals surface area (Å²) in [5, 5.41) is 0.478. The van der Waals surface area contributed by atoms with Crippen molar-refractivity contribution in [2.45, 2.75) is 71.0 Å². The molecule has 10 nitrogen and oxygen atoms in total. The van der Waals surface area contributed by atoms with Crippen molar-refractivity contribution in [1.82, 2.24) is 8.87 Å². The Bertz CT molecular complexity index is 1470. The van der Waals surface area contributed by atoms with E-state index in [1.165, 1.54) is 32.5 Å². The molecule has 0 bridgehead atoms. The Hall–Kier alpha value is -3.73. The number of nitrogens with zero attached hydrogens (tertiary/aromatic N) is 2. The Morgan fingerprint density at radius 3 is 1.80 bits per heavy atom. The first-order valence-electron chi connectivity index (χ1n) is 12.8. The molecule has 1 aromatic heterocycles. The molecule has 2 amide bonds. The van der Waals surface area contributed by atoms with Crippen LogP contribution in [0.4, 0.5) is 9.59 Å². The van der Waals surface area contributed by atoms with Gasteiger partial charge in [0.05, 0.1) is 19.1 Å². The van der Waals surface area contributed by atoms with Gasteiger partial charge < -0.3 is 18.9 Å². The van der Waals surface area contributed by atoms with E-state index in [-0.39, 0.29) is 23.4 Å². The number of rotatable bonds is 7. The Labute approximate surface area is 235 Å². The first kappa shape index (κ1) is 30.8. The molecule has 0 aliphatic heterocycles. The molecule has 0 aliphatic rings. The molecule has 1 heterocycles. The predicted molar refractivity (Wildman–Crippen MR) is 152 cm³/mol. The Balaban J connectivity index is 2.15. The molecule has 0 N–H and O–H groups in total. The minimum Gasteiger partial charge on any atom is -0.496 e. The van der Waals surface area contributed by atoms with Crippen LogP contribution in [0.5, 0.6) is 11.5 Å². The Morgan fingerprint density at radius 2 is 1.32 bits per heavy atom. The molecule has 0 spiro atoms. The largest absolute Gasteiger partial charge is 0.496 e. The van der Waals surface area contributed by atoms with Gasteiger partial charge in [-0.1, -0.05) is 17.7 Å². The quantitative estimate of drug-likeness (QED) is 0.342. The number of aromatic nitrogens is 1. The second-order valence-corrected chi connectivity index (χ2v) is 13.1. The highest BCUT2D eigenvalue weighted by Gasteiger charge is 2.32. The van der Waals surface area contributed by atoms with Crippen LogP contribution in [0.1, 0.15) is 52.7 Å². The van der Waals surface area contributed by atoms with Gasteiger partial charge in [-0.15, -0.1) is 0 Å². The van der Waals surface area contributed by atoms with Gasteiger partial charge in [-0.3, -0.25) is 0 Å². The maximum Gasteiger partial charge on any atom is 0.419 e. The van der Waals surface area contributed by atoms with Crippen LogP contribution in [0, 0.1) is 6.92 Å². The van der Waals surface area contributed by atoms with Gasteiger partial charge in [0.2, 0.25) is 0 Å². The van der Waals surface area contributed by atoms with Gasteiger partial charge in [0, 0.05) is 18.1 Å². The van der Waals surface area contributed by atoms with Crippen molar-refractivity contribution >= 4 is 33.1 Å². The molecule has 0 atom stereocenters. The number of hydrogen-bond acceptors (Lipinski definition) is 8. The van der Waals surface area contributed by atoms with E-state index < -0.39 is 33.4 Å². The van der Waals surface area contributed by atoms with E-state index in [1.807, 2.05) is 6.92 Å². The van der Waals surface area contributed by atoms with Crippen molar-refractivity contribution < 1.29 is 37.0 Å². The van der Waals surface area contributed by atoms with Gasteiger partial charge in [-0.25, -0.2) is 26.9 Å². The molecule has 0 radical (unpaired) electrons. The average Bonchev–Trinajstić information content (AvgIpc) is 3.22. The molecule has 3 aromatic rings. The van der Waals surface area contributed by atoms with Crippen molar-refractivity contribution in [2.24, 2.45) is 0 Å². The van der Waals surface area contributed by atoms with Crippen LogP contribution >= 0.6 is 0 Å². The number of fused-ring (bicyclic) bond motifs is 1. The van der Waals surface area contributed by atoms with Crippen molar-refractivity contribution in [3.63, 3.8) is 0 Å². The van der Waals surface area contributed by atoms with Gasteiger partial charge in [-0.05, 0) is 84.7 Å². The number of carbonyl (C=O) groups is 2. The maximum absolute atomic E-state index is 13.8. The first-order valence-corrected chi connectivity index (χ1v) is 14.2. The lowest BCUT2D eigenvalue weighted by Crippen LogP contribution is -2.44. The Morgan fingerprint density at radius 1 is 0.825 bits per heavy atom. The normalized spacial score (nSPS) is 12.2. The van der Waals surface area contributed by atoms with E-state index in [1.54, 1.807) is 65.8 Å². The summed E-state index contributed by atoms with van der Waals surface area (Å²) in [6.07, 6.45) is -0.202. The van der Waals surface area contributed by atoms with Gasteiger partial charge in [0.15, 0.2) is 0 Å². The fourth-order valence-corrected chi connectivity index (χ4v) is 5.41. The number of benzene rings is 2. The lowest BCUT2D eigenvalue weighted by Gasteiger charge is -2.28. The summed E-state index contributed by atoms with van der Waals surface area (Å²) >= 11 is 0. The van der Waals surface area contributed by atoms with E-state index in [9.17, 15) is 18.0 Å². The molecule has 0 aliphatic carbocycles. The second kappa shape index (κ2) is 11.4. The molecule has 0 saturated heterocycles. The minimum absolute atomic E-state index is 0.0783. The summed E-state index contributed by atoms with van der Waals surface area (Å²) in [6, 6.07) is 9.81. The van der Waals surface area contributed by atoms with Crippen LogP contribution in [0.25, 0.3) is 10.9 Å². The third kappa shape index (κ3) is 6.88. The molecule has 2 aromatic carbocycles.